The molecule has 188 valence electrons. The van der Waals surface area contributed by atoms with Crippen molar-refractivity contribution < 1.29 is 14.4 Å². The number of primary amides is 1. The molecule has 0 saturated heterocycles. The van der Waals surface area contributed by atoms with Crippen LogP contribution in [0.15, 0.2) is 42.5 Å². The van der Waals surface area contributed by atoms with Gasteiger partial charge in [0, 0.05) is 50.5 Å². The fourth-order valence-electron chi connectivity index (χ4n) is 4.07. The second-order valence-electron chi connectivity index (χ2n) is 9.13. The fraction of sp³-hybridized carbons (Fsp3) is 0.423. The number of likely N-dealkylation sites (N-methyl/N-ethyl adjacent to an activating group) is 1. The van der Waals surface area contributed by atoms with Gasteiger partial charge in [0.2, 0.25) is 11.8 Å². The number of fused-ring (bicyclic) bond motifs is 1. The number of hydrogen-bond acceptors (Lipinski definition) is 6. The number of nitrogens with one attached hydrogen (secondary N) is 2. The van der Waals surface area contributed by atoms with Crippen molar-refractivity contribution in [1.29, 1.82) is 0 Å². The van der Waals surface area contributed by atoms with Crippen LogP contribution in [-0.4, -0.2) is 67.0 Å². The molecular formula is C26H36N6O3. The molecular weight excluding hydrogens is 444 g/mol. The van der Waals surface area contributed by atoms with E-state index in [2.05, 4.69) is 22.8 Å². The Morgan fingerprint density at radius 3 is 2.26 bits per heavy atom. The molecule has 0 spiro atoms. The lowest BCUT2D eigenvalue weighted by atomic mass is 10.1. The molecule has 0 unspecified atom stereocenters. The summed E-state index contributed by atoms with van der Waals surface area (Å²) in [7, 11) is 1.75. The molecule has 3 amide bonds. The molecule has 9 heteroatoms. The summed E-state index contributed by atoms with van der Waals surface area (Å²) in [5.41, 5.74) is 9.73. The second-order valence-corrected chi connectivity index (χ2v) is 9.13. The molecule has 4 N–H and O–H groups in total. The maximum Gasteiger partial charge on any atom is 0.250 e. The number of anilines is 1. The molecule has 3 rings (SSSR count). The van der Waals surface area contributed by atoms with E-state index in [1.54, 1.807) is 35.2 Å². The summed E-state index contributed by atoms with van der Waals surface area (Å²) in [4.78, 5) is 39.3. The first kappa shape index (κ1) is 26.3. The zero-order valence-electron chi connectivity index (χ0n) is 21.0. The topological polar surface area (TPSA) is 111 Å². The first-order valence-corrected chi connectivity index (χ1v) is 11.9. The van der Waals surface area contributed by atoms with Crippen molar-refractivity contribution in [2.75, 3.05) is 38.1 Å². The van der Waals surface area contributed by atoms with Gasteiger partial charge in [-0.2, -0.15) is 0 Å². The summed E-state index contributed by atoms with van der Waals surface area (Å²) in [6.45, 7) is 8.35. The lowest BCUT2D eigenvalue weighted by Gasteiger charge is -2.28. The molecule has 0 aliphatic carbocycles. The highest BCUT2D eigenvalue weighted by molar-refractivity contribution is 5.99. The van der Waals surface area contributed by atoms with Gasteiger partial charge in [-0.25, -0.2) is 5.01 Å². The predicted molar refractivity (Wildman–Crippen MR) is 137 cm³/mol. The van der Waals surface area contributed by atoms with Gasteiger partial charge in [-0.05, 0) is 35.7 Å². The van der Waals surface area contributed by atoms with Crippen molar-refractivity contribution in [3.8, 4) is 0 Å². The SMILES string of the molecule is Cc1ccc(C(N)=O)cc1N(CCNC(C)C)C(=O)CNCC(=O)N(C)N1Cc2ccccc2C1. The van der Waals surface area contributed by atoms with Crippen molar-refractivity contribution in [2.24, 2.45) is 5.73 Å². The molecule has 0 atom stereocenters. The Morgan fingerprint density at radius 1 is 1.03 bits per heavy atom. The van der Waals surface area contributed by atoms with E-state index in [1.165, 1.54) is 11.1 Å². The van der Waals surface area contributed by atoms with Gasteiger partial charge in [0.15, 0.2) is 0 Å². The van der Waals surface area contributed by atoms with Crippen molar-refractivity contribution in [1.82, 2.24) is 20.7 Å². The van der Waals surface area contributed by atoms with Crippen LogP contribution in [0, 0.1) is 6.92 Å². The van der Waals surface area contributed by atoms with Gasteiger partial charge < -0.3 is 16.0 Å². The molecule has 0 radical (unpaired) electrons. The Bertz CT molecular complexity index is 1050. The van der Waals surface area contributed by atoms with Crippen molar-refractivity contribution in [3.05, 3.63) is 64.7 Å². The average molecular weight is 481 g/mol. The van der Waals surface area contributed by atoms with Crippen molar-refractivity contribution in [2.45, 2.75) is 39.9 Å². The van der Waals surface area contributed by atoms with Gasteiger partial charge in [-0.15, -0.1) is 0 Å². The molecule has 1 aliphatic heterocycles. The second kappa shape index (κ2) is 11.9. The van der Waals surface area contributed by atoms with Crippen LogP contribution in [-0.2, 0) is 22.7 Å². The van der Waals surface area contributed by atoms with E-state index in [0.717, 1.165) is 5.56 Å². The number of nitrogens with zero attached hydrogens (tertiary/aromatic N) is 3. The normalized spacial score (nSPS) is 13.1. The van der Waals surface area contributed by atoms with Crippen molar-refractivity contribution in [3.63, 3.8) is 0 Å². The van der Waals surface area contributed by atoms with Crippen LogP contribution in [0.25, 0.3) is 0 Å². The molecule has 1 heterocycles. The summed E-state index contributed by atoms with van der Waals surface area (Å²) >= 11 is 0. The summed E-state index contributed by atoms with van der Waals surface area (Å²) in [6, 6.07) is 13.5. The van der Waals surface area contributed by atoms with E-state index < -0.39 is 5.91 Å². The molecule has 35 heavy (non-hydrogen) atoms. The molecule has 0 fully saturated rings. The van der Waals surface area contributed by atoms with Crippen LogP contribution in [0.3, 0.4) is 0 Å². The van der Waals surface area contributed by atoms with E-state index in [1.807, 2.05) is 37.9 Å². The first-order valence-electron chi connectivity index (χ1n) is 11.9. The minimum Gasteiger partial charge on any atom is -0.366 e. The quantitative estimate of drug-likeness (QED) is 0.448. The van der Waals surface area contributed by atoms with E-state index in [-0.39, 0.29) is 30.9 Å². The summed E-state index contributed by atoms with van der Waals surface area (Å²) in [6.07, 6.45) is 0. The molecule has 0 bridgehead atoms. The number of carbonyl (C=O) groups is 3. The summed E-state index contributed by atoms with van der Waals surface area (Å²) in [5.74, 6) is -0.857. The van der Waals surface area contributed by atoms with E-state index in [4.69, 9.17) is 5.73 Å². The highest BCUT2D eigenvalue weighted by atomic mass is 16.2. The van der Waals surface area contributed by atoms with Crippen molar-refractivity contribution >= 4 is 23.4 Å². The number of hydrazine groups is 1. The zero-order chi connectivity index (χ0) is 25.5. The number of aryl methyl sites for hydroxylation is 1. The highest BCUT2D eigenvalue weighted by Gasteiger charge is 2.25. The molecule has 1 aliphatic rings. The van der Waals surface area contributed by atoms with Gasteiger partial charge in [-0.1, -0.05) is 44.2 Å². The first-order chi connectivity index (χ1) is 16.7. The smallest absolute Gasteiger partial charge is 0.250 e. The third-order valence-electron chi connectivity index (χ3n) is 6.14. The van der Waals surface area contributed by atoms with Crippen LogP contribution in [0.1, 0.15) is 40.9 Å². The lowest BCUT2D eigenvalue weighted by Crippen LogP contribution is -2.47. The number of carbonyl (C=O) groups excluding carboxylic acids is 3. The maximum atomic E-state index is 13.2. The number of benzene rings is 2. The maximum absolute atomic E-state index is 13.2. The number of hydrogen-bond donors (Lipinski definition) is 3. The highest BCUT2D eigenvalue weighted by Crippen LogP contribution is 2.23. The number of amides is 3. The minimum atomic E-state index is -0.547. The Morgan fingerprint density at radius 2 is 1.66 bits per heavy atom. The minimum absolute atomic E-state index is 0.0122. The van der Waals surface area contributed by atoms with Crippen LogP contribution in [0.2, 0.25) is 0 Å². The largest absolute Gasteiger partial charge is 0.366 e. The average Bonchev–Trinajstić information content (AvgIpc) is 3.25. The summed E-state index contributed by atoms with van der Waals surface area (Å²) in [5, 5.41) is 9.91. The van der Waals surface area contributed by atoms with Gasteiger partial charge in [0.1, 0.15) is 0 Å². The van der Waals surface area contributed by atoms with Crippen LogP contribution < -0.4 is 21.3 Å². The standard InChI is InChI=1S/C26H36N6O3/c1-18(2)29-11-12-32(23-13-20(26(27)35)10-9-19(23)3)25(34)15-28-14-24(33)30(4)31-16-21-7-5-6-8-22(21)17-31/h5-10,13,18,28-29H,11-12,14-17H2,1-4H3,(H2,27,35). The number of rotatable bonds is 11. The van der Waals surface area contributed by atoms with Gasteiger partial charge in [0.05, 0.1) is 13.1 Å². The predicted octanol–water partition coefficient (Wildman–Crippen LogP) is 1.40. The van der Waals surface area contributed by atoms with E-state index in [9.17, 15) is 14.4 Å². The van der Waals surface area contributed by atoms with Crippen LogP contribution in [0.5, 0.6) is 0 Å². The van der Waals surface area contributed by atoms with Crippen LogP contribution >= 0.6 is 0 Å². The molecule has 9 nitrogen and oxygen atoms in total. The van der Waals surface area contributed by atoms with E-state index in [0.29, 0.717) is 37.4 Å². The Balaban J connectivity index is 1.60. The Kier molecular flexibility index (Phi) is 8.97. The Labute approximate surface area is 207 Å². The lowest BCUT2D eigenvalue weighted by molar-refractivity contribution is -0.145. The fourth-order valence-corrected chi connectivity index (χ4v) is 4.07. The Hall–Kier alpha value is -3.27. The van der Waals surface area contributed by atoms with Crippen LogP contribution in [0.4, 0.5) is 5.69 Å². The van der Waals surface area contributed by atoms with Gasteiger partial charge >= 0.3 is 0 Å². The van der Waals surface area contributed by atoms with E-state index >= 15 is 0 Å². The van der Waals surface area contributed by atoms with Gasteiger partial charge in [0.25, 0.3) is 5.91 Å². The number of nitrogens with two attached hydrogens (primary N) is 1. The molecule has 0 saturated carbocycles. The summed E-state index contributed by atoms with van der Waals surface area (Å²) < 4.78 is 0. The molecule has 2 aromatic rings. The monoisotopic (exact) mass is 480 g/mol. The van der Waals surface area contributed by atoms with Gasteiger partial charge in [-0.3, -0.25) is 24.7 Å². The molecule has 0 aromatic heterocycles. The zero-order valence-corrected chi connectivity index (χ0v) is 21.0. The molecule has 2 aromatic carbocycles. The third-order valence-corrected chi connectivity index (χ3v) is 6.14. The third kappa shape index (κ3) is 6.88.